The molecule has 0 atom stereocenters. The fourth-order valence-corrected chi connectivity index (χ4v) is 2.27. The van der Waals surface area contributed by atoms with Crippen molar-refractivity contribution in [2.45, 2.75) is 13.8 Å². The highest BCUT2D eigenvalue weighted by Crippen LogP contribution is 2.08. The molecule has 0 aliphatic rings. The zero-order valence-electron chi connectivity index (χ0n) is 12.8. The maximum Gasteiger partial charge on any atom is 0.289 e. The van der Waals surface area contributed by atoms with Gasteiger partial charge in [-0.25, -0.2) is 4.98 Å². The topological polar surface area (TPSA) is 75.5 Å². The Balaban J connectivity index is 1.71. The van der Waals surface area contributed by atoms with Crippen molar-refractivity contribution in [2.75, 3.05) is 0 Å². The first-order chi connectivity index (χ1) is 11.0. The molecule has 0 aliphatic heterocycles. The molecular weight excluding hydrogens is 292 g/mol. The highest BCUT2D eigenvalue weighted by atomic mass is 16.2. The van der Waals surface area contributed by atoms with Crippen molar-refractivity contribution in [1.82, 2.24) is 20.2 Å². The van der Waals surface area contributed by atoms with E-state index in [9.17, 15) is 9.59 Å². The van der Waals surface area contributed by atoms with Crippen LogP contribution in [-0.2, 0) is 0 Å². The standard InChI is InChI=1S/C17H16N4O2/c1-11-7-8-21-10-14(18-15(21)9-11)17(23)20-19-16(22)13-6-4-3-5-12(13)2/h3-10H,1-2H3,(H,19,22)(H,20,23). The molecule has 23 heavy (non-hydrogen) atoms. The van der Waals surface area contributed by atoms with Gasteiger partial charge in [0, 0.05) is 18.0 Å². The van der Waals surface area contributed by atoms with Crippen molar-refractivity contribution in [1.29, 1.82) is 0 Å². The zero-order chi connectivity index (χ0) is 16.4. The predicted molar refractivity (Wildman–Crippen MR) is 86.0 cm³/mol. The van der Waals surface area contributed by atoms with Gasteiger partial charge in [-0.3, -0.25) is 20.4 Å². The molecular formula is C17H16N4O2. The van der Waals surface area contributed by atoms with E-state index in [0.717, 1.165) is 11.1 Å². The second-order valence-electron chi connectivity index (χ2n) is 5.32. The molecule has 6 nitrogen and oxygen atoms in total. The van der Waals surface area contributed by atoms with Crippen LogP contribution in [0.3, 0.4) is 0 Å². The summed E-state index contributed by atoms with van der Waals surface area (Å²) in [6.07, 6.45) is 3.45. The van der Waals surface area contributed by atoms with E-state index >= 15 is 0 Å². The monoisotopic (exact) mass is 308 g/mol. The molecule has 0 spiro atoms. The number of nitrogens with zero attached hydrogens (tertiary/aromatic N) is 2. The van der Waals surface area contributed by atoms with E-state index in [1.165, 1.54) is 0 Å². The van der Waals surface area contributed by atoms with Crippen LogP contribution in [0.5, 0.6) is 0 Å². The highest BCUT2D eigenvalue weighted by Gasteiger charge is 2.13. The molecule has 2 heterocycles. The average molecular weight is 308 g/mol. The summed E-state index contributed by atoms with van der Waals surface area (Å²) in [5, 5.41) is 0. The molecule has 3 aromatic rings. The fourth-order valence-electron chi connectivity index (χ4n) is 2.27. The SMILES string of the molecule is Cc1ccn2cc(C(=O)NNC(=O)c3ccccc3C)nc2c1. The zero-order valence-corrected chi connectivity index (χ0v) is 12.8. The number of carbonyl (C=O) groups excluding carboxylic acids is 2. The summed E-state index contributed by atoms with van der Waals surface area (Å²) in [6.45, 7) is 3.79. The molecule has 0 aliphatic carbocycles. The Hall–Kier alpha value is -3.15. The number of rotatable bonds is 2. The third-order valence-corrected chi connectivity index (χ3v) is 3.53. The first kappa shape index (κ1) is 14.8. The normalized spacial score (nSPS) is 10.5. The first-order valence-corrected chi connectivity index (χ1v) is 7.16. The quantitative estimate of drug-likeness (QED) is 0.711. The van der Waals surface area contributed by atoms with Crippen LogP contribution >= 0.6 is 0 Å². The molecule has 2 aromatic heterocycles. The minimum Gasteiger partial charge on any atom is -0.306 e. The average Bonchev–Trinajstić information content (AvgIpc) is 2.95. The lowest BCUT2D eigenvalue weighted by molar-refractivity contribution is 0.0844. The second-order valence-corrected chi connectivity index (χ2v) is 5.32. The minimum absolute atomic E-state index is 0.237. The third-order valence-electron chi connectivity index (χ3n) is 3.53. The number of aromatic nitrogens is 2. The van der Waals surface area contributed by atoms with Crippen LogP contribution in [0.15, 0.2) is 48.8 Å². The Morgan fingerprint density at radius 1 is 1.04 bits per heavy atom. The van der Waals surface area contributed by atoms with E-state index in [4.69, 9.17) is 0 Å². The molecule has 0 unspecified atom stereocenters. The number of amides is 2. The molecule has 0 fully saturated rings. The number of nitrogens with one attached hydrogen (secondary N) is 2. The van der Waals surface area contributed by atoms with Crippen LogP contribution in [0.2, 0.25) is 0 Å². The van der Waals surface area contributed by atoms with Gasteiger partial charge >= 0.3 is 0 Å². The Labute approximate surface area is 133 Å². The highest BCUT2D eigenvalue weighted by molar-refractivity contribution is 5.99. The van der Waals surface area contributed by atoms with E-state index in [2.05, 4.69) is 15.8 Å². The van der Waals surface area contributed by atoms with Crippen molar-refractivity contribution in [3.63, 3.8) is 0 Å². The van der Waals surface area contributed by atoms with Gasteiger partial charge in [-0.05, 0) is 43.2 Å². The van der Waals surface area contributed by atoms with Gasteiger partial charge in [0.25, 0.3) is 11.8 Å². The van der Waals surface area contributed by atoms with E-state index < -0.39 is 5.91 Å². The van der Waals surface area contributed by atoms with Crippen LogP contribution in [0.4, 0.5) is 0 Å². The van der Waals surface area contributed by atoms with Crippen LogP contribution < -0.4 is 10.9 Å². The summed E-state index contributed by atoms with van der Waals surface area (Å²) >= 11 is 0. The predicted octanol–water partition coefficient (Wildman–Crippen LogP) is 2.03. The van der Waals surface area contributed by atoms with Gasteiger partial charge in [0.1, 0.15) is 11.3 Å². The first-order valence-electron chi connectivity index (χ1n) is 7.16. The number of hydrazine groups is 1. The summed E-state index contributed by atoms with van der Waals surface area (Å²) in [6, 6.07) is 11.0. The molecule has 0 bridgehead atoms. The summed E-state index contributed by atoms with van der Waals surface area (Å²) in [4.78, 5) is 28.4. The number of hydrogen-bond donors (Lipinski definition) is 2. The molecule has 3 rings (SSSR count). The van der Waals surface area contributed by atoms with E-state index in [-0.39, 0.29) is 11.6 Å². The van der Waals surface area contributed by atoms with Gasteiger partial charge in [-0.1, -0.05) is 18.2 Å². The maximum atomic E-state index is 12.1. The van der Waals surface area contributed by atoms with Gasteiger partial charge < -0.3 is 4.40 Å². The summed E-state index contributed by atoms with van der Waals surface area (Å²) < 4.78 is 1.76. The van der Waals surface area contributed by atoms with Crippen LogP contribution in [-0.4, -0.2) is 21.2 Å². The van der Waals surface area contributed by atoms with Gasteiger partial charge in [0.2, 0.25) is 0 Å². The van der Waals surface area contributed by atoms with Gasteiger partial charge in [0.15, 0.2) is 0 Å². The second kappa shape index (κ2) is 5.92. The Bertz CT molecular complexity index is 898. The van der Waals surface area contributed by atoms with Crippen LogP contribution in [0.1, 0.15) is 32.0 Å². The number of fused-ring (bicyclic) bond motifs is 1. The van der Waals surface area contributed by atoms with Crippen molar-refractivity contribution < 1.29 is 9.59 Å². The summed E-state index contributed by atoms with van der Waals surface area (Å²) in [5.41, 5.74) is 8.12. The number of imidazole rings is 1. The molecule has 0 saturated carbocycles. The molecule has 6 heteroatoms. The Morgan fingerprint density at radius 2 is 1.78 bits per heavy atom. The van der Waals surface area contributed by atoms with Gasteiger partial charge in [-0.2, -0.15) is 0 Å². The Morgan fingerprint density at radius 3 is 2.57 bits per heavy atom. The van der Waals surface area contributed by atoms with Gasteiger partial charge in [0.05, 0.1) is 0 Å². The van der Waals surface area contributed by atoms with E-state index in [1.54, 1.807) is 22.7 Å². The van der Waals surface area contributed by atoms with Crippen LogP contribution in [0, 0.1) is 13.8 Å². The number of aryl methyl sites for hydroxylation is 2. The lowest BCUT2D eigenvalue weighted by Crippen LogP contribution is -2.42. The Kier molecular flexibility index (Phi) is 3.80. The number of hydrogen-bond acceptors (Lipinski definition) is 3. The molecule has 1 aromatic carbocycles. The smallest absolute Gasteiger partial charge is 0.289 e. The fraction of sp³-hybridized carbons (Fsp3) is 0.118. The lowest BCUT2D eigenvalue weighted by Gasteiger charge is -2.07. The van der Waals surface area contributed by atoms with Crippen molar-refractivity contribution >= 4 is 17.5 Å². The van der Waals surface area contributed by atoms with E-state index in [1.807, 2.05) is 44.3 Å². The molecule has 0 saturated heterocycles. The van der Waals surface area contributed by atoms with E-state index in [0.29, 0.717) is 11.2 Å². The maximum absolute atomic E-state index is 12.1. The summed E-state index contributed by atoms with van der Waals surface area (Å²) in [5.74, 6) is -0.829. The molecule has 116 valence electrons. The largest absolute Gasteiger partial charge is 0.306 e. The lowest BCUT2D eigenvalue weighted by atomic mass is 10.1. The molecule has 2 amide bonds. The van der Waals surface area contributed by atoms with Crippen LogP contribution in [0.25, 0.3) is 5.65 Å². The molecule has 2 N–H and O–H groups in total. The van der Waals surface area contributed by atoms with Crippen molar-refractivity contribution in [3.05, 3.63) is 71.2 Å². The van der Waals surface area contributed by atoms with Crippen molar-refractivity contribution in [2.24, 2.45) is 0 Å². The van der Waals surface area contributed by atoms with Gasteiger partial charge in [-0.15, -0.1) is 0 Å². The third kappa shape index (κ3) is 3.06. The molecule has 0 radical (unpaired) electrons. The number of pyridine rings is 1. The summed E-state index contributed by atoms with van der Waals surface area (Å²) in [7, 11) is 0. The van der Waals surface area contributed by atoms with Crippen molar-refractivity contribution in [3.8, 4) is 0 Å². The number of carbonyl (C=O) groups is 2. The minimum atomic E-state index is -0.465. The number of benzene rings is 1.